The first kappa shape index (κ1) is 14.7. The molecule has 0 saturated carbocycles. The lowest BCUT2D eigenvalue weighted by Crippen LogP contribution is -2.00. The zero-order valence-electron chi connectivity index (χ0n) is 10.9. The van der Waals surface area contributed by atoms with Crippen LogP contribution in [-0.4, -0.2) is 11.1 Å². The smallest absolute Gasteiger partial charge is 0.328 e. The van der Waals surface area contributed by atoms with Crippen LogP contribution in [0.25, 0.3) is 6.08 Å². The molecular formula is C16H12F2O3. The minimum absolute atomic E-state index is 0.0894. The van der Waals surface area contributed by atoms with E-state index in [9.17, 15) is 13.6 Å². The minimum Gasteiger partial charge on any atom is -0.489 e. The van der Waals surface area contributed by atoms with Gasteiger partial charge < -0.3 is 9.84 Å². The predicted octanol–water partition coefficient (Wildman–Crippen LogP) is 3.64. The second kappa shape index (κ2) is 6.65. The van der Waals surface area contributed by atoms with Gasteiger partial charge >= 0.3 is 5.97 Å². The van der Waals surface area contributed by atoms with E-state index < -0.39 is 17.6 Å². The highest BCUT2D eigenvalue weighted by Crippen LogP contribution is 2.17. The zero-order valence-corrected chi connectivity index (χ0v) is 10.9. The number of hydrogen-bond acceptors (Lipinski definition) is 2. The fourth-order valence-electron chi connectivity index (χ4n) is 1.66. The molecule has 0 aliphatic heterocycles. The lowest BCUT2D eigenvalue weighted by Gasteiger charge is -2.07. The molecule has 0 aliphatic rings. The number of halogens is 2. The van der Waals surface area contributed by atoms with Gasteiger partial charge in [0.1, 0.15) is 12.4 Å². The molecule has 0 aliphatic carbocycles. The van der Waals surface area contributed by atoms with Crippen molar-refractivity contribution in [3.63, 3.8) is 0 Å². The monoisotopic (exact) mass is 290 g/mol. The van der Waals surface area contributed by atoms with Crippen LogP contribution >= 0.6 is 0 Å². The summed E-state index contributed by atoms with van der Waals surface area (Å²) in [6.07, 6.45) is 2.47. The molecule has 0 aromatic heterocycles. The second-order valence-electron chi connectivity index (χ2n) is 4.24. The van der Waals surface area contributed by atoms with Gasteiger partial charge in [-0.15, -0.1) is 0 Å². The van der Waals surface area contributed by atoms with Crippen LogP contribution in [0.4, 0.5) is 8.78 Å². The molecule has 0 atom stereocenters. The minimum atomic E-state index is -1.03. The SMILES string of the molecule is O=C(O)/C=C/c1ccc(OCc2cccc(F)c2F)cc1. The highest BCUT2D eigenvalue weighted by molar-refractivity contribution is 5.85. The maximum absolute atomic E-state index is 13.4. The molecule has 2 rings (SSSR count). The average Bonchev–Trinajstić information content (AvgIpc) is 2.48. The molecule has 0 amide bonds. The molecule has 0 spiro atoms. The van der Waals surface area contributed by atoms with Crippen LogP contribution in [0.5, 0.6) is 5.75 Å². The molecule has 0 radical (unpaired) electrons. The Kier molecular flexibility index (Phi) is 4.66. The Morgan fingerprint density at radius 3 is 2.52 bits per heavy atom. The molecule has 0 fully saturated rings. The van der Waals surface area contributed by atoms with Gasteiger partial charge in [-0.3, -0.25) is 0 Å². The maximum Gasteiger partial charge on any atom is 0.328 e. The van der Waals surface area contributed by atoms with Crippen LogP contribution in [-0.2, 0) is 11.4 Å². The summed E-state index contributed by atoms with van der Waals surface area (Å²) in [5.41, 5.74) is 0.825. The molecule has 0 unspecified atom stereocenters. The van der Waals surface area contributed by atoms with Gasteiger partial charge in [0.05, 0.1) is 0 Å². The summed E-state index contributed by atoms with van der Waals surface area (Å²) in [7, 11) is 0. The highest BCUT2D eigenvalue weighted by atomic mass is 19.2. The topological polar surface area (TPSA) is 46.5 Å². The van der Waals surface area contributed by atoms with E-state index in [0.717, 1.165) is 12.1 Å². The third-order valence-corrected chi connectivity index (χ3v) is 2.72. The van der Waals surface area contributed by atoms with E-state index >= 15 is 0 Å². The van der Waals surface area contributed by atoms with E-state index in [1.165, 1.54) is 18.2 Å². The second-order valence-corrected chi connectivity index (χ2v) is 4.24. The van der Waals surface area contributed by atoms with E-state index in [1.54, 1.807) is 24.3 Å². The Labute approximate surface area is 120 Å². The van der Waals surface area contributed by atoms with Gasteiger partial charge in [0.15, 0.2) is 11.6 Å². The van der Waals surface area contributed by atoms with Gasteiger partial charge in [0.2, 0.25) is 0 Å². The first-order chi connectivity index (χ1) is 10.1. The quantitative estimate of drug-likeness (QED) is 0.855. The van der Waals surface area contributed by atoms with Gasteiger partial charge in [0.25, 0.3) is 0 Å². The summed E-state index contributed by atoms with van der Waals surface area (Å²) in [5, 5.41) is 8.51. The molecule has 2 aromatic carbocycles. The molecule has 2 aromatic rings. The summed E-state index contributed by atoms with van der Waals surface area (Å²) in [4.78, 5) is 10.4. The van der Waals surface area contributed by atoms with E-state index in [0.29, 0.717) is 11.3 Å². The maximum atomic E-state index is 13.4. The molecule has 1 N–H and O–H groups in total. The zero-order chi connectivity index (χ0) is 15.2. The van der Waals surface area contributed by atoms with Gasteiger partial charge in [0, 0.05) is 11.6 Å². The largest absolute Gasteiger partial charge is 0.489 e. The van der Waals surface area contributed by atoms with Crippen LogP contribution in [0.1, 0.15) is 11.1 Å². The lowest BCUT2D eigenvalue weighted by molar-refractivity contribution is -0.131. The standard InChI is InChI=1S/C16H12F2O3/c17-14-3-1-2-12(16(14)18)10-21-13-7-4-11(5-8-13)6-9-15(19)20/h1-9H,10H2,(H,19,20)/b9-6+. The number of rotatable bonds is 5. The van der Waals surface area contributed by atoms with Crippen molar-refractivity contribution in [3.05, 3.63) is 71.3 Å². The van der Waals surface area contributed by atoms with E-state index in [4.69, 9.17) is 9.84 Å². The van der Waals surface area contributed by atoms with Crippen LogP contribution in [0.2, 0.25) is 0 Å². The lowest BCUT2D eigenvalue weighted by atomic mass is 10.2. The third-order valence-electron chi connectivity index (χ3n) is 2.72. The summed E-state index contributed by atoms with van der Waals surface area (Å²) in [5.74, 6) is -2.38. The summed E-state index contributed by atoms with van der Waals surface area (Å²) in [6, 6.07) is 10.5. The molecule has 0 saturated heterocycles. The van der Waals surface area contributed by atoms with Crippen molar-refractivity contribution in [3.8, 4) is 5.75 Å². The Balaban J connectivity index is 2.01. The first-order valence-electron chi connectivity index (χ1n) is 6.13. The van der Waals surface area contributed by atoms with Crippen molar-refractivity contribution in [1.29, 1.82) is 0 Å². The Hall–Kier alpha value is -2.69. The molecule has 0 heterocycles. The van der Waals surface area contributed by atoms with Gasteiger partial charge in [-0.2, -0.15) is 0 Å². The van der Waals surface area contributed by atoms with Crippen molar-refractivity contribution >= 4 is 12.0 Å². The number of carbonyl (C=O) groups is 1. The number of hydrogen-bond donors (Lipinski definition) is 1. The fourth-order valence-corrected chi connectivity index (χ4v) is 1.66. The third kappa shape index (κ3) is 4.14. The number of carboxylic acids is 1. The van der Waals surface area contributed by atoms with E-state index in [-0.39, 0.29) is 12.2 Å². The number of benzene rings is 2. The molecule has 3 nitrogen and oxygen atoms in total. The summed E-state index contributed by atoms with van der Waals surface area (Å²) in [6.45, 7) is -0.0894. The molecule has 21 heavy (non-hydrogen) atoms. The van der Waals surface area contributed by atoms with Crippen molar-refractivity contribution in [2.24, 2.45) is 0 Å². The molecule has 108 valence electrons. The highest BCUT2D eigenvalue weighted by Gasteiger charge is 2.07. The van der Waals surface area contributed by atoms with Crippen molar-refractivity contribution in [2.45, 2.75) is 6.61 Å². The number of carboxylic acid groups (broad SMARTS) is 1. The molecular weight excluding hydrogens is 278 g/mol. The fraction of sp³-hybridized carbons (Fsp3) is 0.0625. The van der Waals surface area contributed by atoms with E-state index in [1.807, 2.05) is 0 Å². The number of ether oxygens (including phenoxy) is 1. The van der Waals surface area contributed by atoms with Crippen molar-refractivity contribution < 1.29 is 23.4 Å². The van der Waals surface area contributed by atoms with E-state index in [2.05, 4.69) is 0 Å². The summed E-state index contributed by atoms with van der Waals surface area (Å²) < 4.78 is 31.8. The molecule has 5 heteroatoms. The normalized spacial score (nSPS) is 10.8. The first-order valence-corrected chi connectivity index (χ1v) is 6.13. The van der Waals surface area contributed by atoms with Crippen LogP contribution in [0.3, 0.4) is 0 Å². The predicted molar refractivity (Wildman–Crippen MR) is 73.8 cm³/mol. The summed E-state index contributed by atoms with van der Waals surface area (Å²) >= 11 is 0. The Morgan fingerprint density at radius 2 is 1.86 bits per heavy atom. The van der Waals surface area contributed by atoms with Crippen molar-refractivity contribution in [2.75, 3.05) is 0 Å². The van der Waals surface area contributed by atoms with Gasteiger partial charge in [-0.1, -0.05) is 24.3 Å². The Morgan fingerprint density at radius 1 is 1.14 bits per heavy atom. The van der Waals surface area contributed by atoms with Crippen molar-refractivity contribution in [1.82, 2.24) is 0 Å². The molecule has 0 bridgehead atoms. The Bertz CT molecular complexity index is 664. The van der Waals surface area contributed by atoms with Gasteiger partial charge in [-0.05, 0) is 29.8 Å². The van der Waals surface area contributed by atoms with Gasteiger partial charge in [-0.25, -0.2) is 13.6 Å². The van der Waals surface area contributed by atoms with Crippen LogP contribution < -0.4 is 4.74 Å². The van der Waals surface area contributed by atoms with Crippen LogP contribution in [0, 0.1) is 11.6 Å². The average molecular weight is 290 g/mol. The van der Waals surface area contributed by atoms with Crippen LogP contribution in [0.15, 0.2) is 48.5 Å². The number of aliphatic carboxylic acids is 1.